The van der Waals surface area contributed by atoms with E-state index in [1.807, 2.05) is 0 Å². The molecule has 0 aromatic carbocycles. The van der Waals surface area contributed by atoms with E-state index in [1.165, 1.54) is 0 Å². The molecule has 6 heteroatoms. The number of hydrogen-bond donors (Lipinski definition) is 1. The minimum absolute atomic E-state index is 0.164. The summed E-state index contributed by atoms with van der Waals surface area (Å²) in [6.45, 7) is 0. The SMILES string of the molecule is O=C(O)Cc1cnc(C(F)F)cn1. The maximum absolute atomic E-state index is 11.9. The number of hydrogen-bond acceptors (Lipinski definition) is 3. The summed E-state index contributed by atoms with van der Waals surface area (Å²) in [5, 5.41) is 8.33. The van der Waals surface area contributed by atoms with Crippen molar-refractivity contribution in [3.05, 3.63) is 23.8 Å². The number of aliphatic carboxylic acids is 1. The molecule has 1 aromatic heterocycles. The summed E-state index contributed by atoms with van der Waals surface area (Å²) in [6.07, 6.45) is -1.07. The molecule has 0 spiro atoms. The van der Waals surface area contributed by atoms with Crippen LogP contribution >= 0.6 is 0 Å². The molecule has 0 unspecified atom stereocenters. The molecule has 13 heavy (non-hydrogen) atoms. The van der Waals surface area contributed by atoms with E-state index in [0.717, 1.165) is 12.4 Å². The van der Waals surface area contributed by atoms with Crippen molar-refractivity contribution in [1.29, 1.82) is 0 Å². The van der Waals surface area contributed by atoms with Crippen LogP contribution in [0.2, 0.25) is 0 Å². The van der Waals surface area contributed by atoms with E-state index in [2.05, 4.69) is 9.97 Å². The van der Waals surface area contributed by atoms with E-state index in [4.69, 9.17) is 5.11 Å². The molecule has 0 bridgehead atoms. The Morgan fingerprint density at radius 2 is 2.15 bits per heavy atom. The summed E-state index contributed by atoms with van der Waals surface area (Å²) in [6, 6.07) is 0. The molecule has 0 saturated carbocycles. The monoisotopic (exact) mass is 188 g/mol. The van der Waals surface area contributed by atoms with Gasteiger partial charge in [0.05, 0.1) is 18.3 Å². The molecule has 4 nitrogen and oxygen atoms in total. The van der Waals surface area contributed by atoms with Gasteiger partial charge in [0, 0.05) is 6.20 Å². The van der Waals surface area contributed by atoms with Gasteiger partial charge in [-0.15, -0.1) is 0 Å². The maximum Gasteiger partial charge on any atom is 0.309 e. The van der Waals surface area contributed by atoms with Gasteiger partial charge in [0.15, 0.2) is 0 Å². The largest absolute Gasteiger partial charge is 0.481 e. The molecule has 0 aliphatic heterocycles. The van der Waals surface area contributed by atoms with Crippen molar-refractivity contribution >= 4 is 5.97 Å². The third-order valence-corrected chi connectivity index (χ3v) is 1.28. The van der Waals surface area contributed by atoms with Crippen molar-refractivity contribution in [2.75, 3.05) is 0 Å². The predicted molar refractivity (Wildman–Crippen MR) is 38.3 cm³/mol. The van der Waals surface area contributed by atoms with Crippen LogP contribution in [0.3, 0.4) is 0 Å². The molecule has 1 heterocycles. The highest BCUT2D eigenvalue weighted by atomic mass is 19.3. The first kappa shape index (κ1) is 9.50. The second kappa shape index (κ2) is 3.88. The van der Waals surface area contributed by atoms with Gasteiger partial charge in [-0.1, -0.05) is 0 Å². The third-order valence-electron chi connectivity index (χ3n) is 1.28. The minimum Gasteiger partial charge on any atom is -0.481 e. The second-order valence-corrected chi connectivity index (χ2v) is 2.30. The standard InChI is InChI=1S/C7H6F2N2O2/c8-7(9)5-3-10-4(2-11-5)1-6(12)13/h2-3,7H,1H2,(H,12,13). The summed E-state index contributed by atoms with van der Waals surface area (Å²) in [7, 11) is 0. The fourth-order valence-electron chi connectivity index (χ4n) is 0.724. The highest BCUT2D eigenvalue weighted by molar-refractivity contribution is 5.69. The van der Waals surface area contributed by atoms with Crippen LogP contribution < -0.4 is 0 Å². The van der Waals surface area contributed by atoms with Gasteiger partial charge < -0.3 is 5.11 Å². The highest BCUT2D eigenvalue weighted by Gasteiger charge is 2.09. The van der Waals surface area contributed by atoms with Crippen LogP contribution in [0, 0.1) is 0 Å². The average Bonchev–Trinajstić information content (AvgIpc) is 2.04. The molecular formula is C7H6F2N2O2. The normalized spacial score (nSPS) is 10.4. The average molecular weight is 188 g/mol. The van der Waals surface area contributed by atoms with Gasteiger partial charge in [0.1, 0.15) is 5.69 Å². The zero-order chi connectivity index (χ0) is 9.84. The Balaban J connectivity index is 2.75. The minimum atomic E-state index is -2.67. The molecule has 1 aromatic rings. The van der Waals surface area contributed by atoms with E-state index >= 15 is 0 Å². The van der Waals surface area contributed by atoms with Crippen LogP contribution in [0.4, 0.5) is 8.78 Å². The van der Waals surface area contributed by atoms with Crippen molar-refractivity contribution in [2.24, 2.45) is 0 Å². The van der Waals surface area contributed by atoms with Gasteiger partial charge in [0.2, 0.25) is 0 Å². The van der Waals surface area contributed by atoms with Gasteiger partial charge in [-0.2, -0.15) is 0 Å². The fourth-order valence-corrected chi connectivity index (χ4v) is 0.724. The van der Waals surface area contributed by atoms with Crippen LogP contribution in [0.5, 0.6) is 0 Å². The zero-order valence-electron chi connectivity index (χ0n) is 6.44. The van der Waals surface area contributed by atoms with Crippen LogP contribution in [0.25, 0.3) is 0 Å². The molecule has 0 radical (unpaired) electrons. The van der Waals surface area contributed by atoms with Crippen molar-refractivity contribution in [1.82, 2.24) is 9.97 Å². The molecule has 1 rings (SSSR count). The number of carbonyl (C=O) groups is 1. The summed E-state index contributed by atoms with van der Waals surface area (Å²) in [4.78, 5) is 17.0. The lowest BCUT2D eigenvalue weighted by Gasteiger charge is -1.98. The van der Waals surface area contributed by atoms with Crippen LogP contribution in [-0.4, -0.2) is 21.0 Å². The number of nitrogens with zero attached hydrogens (tertiary/aromatic N) is 2. The number of carboxylic acid groups (broad SMARTS) is 1. The summed E-state index contributed by atoms with van der Waals surface area (Å²) < 4.78 is 23.9. The topological polar surface area (TPSA) is 63.1 Å². The first-order valence-corrected chi connectivity index (χ1v) is 3.40. The molecule has 0 atom stereocenters. The molecule has 1 N–H and O–H groups in total. The molecule has 0 amide bonds. The summed E-state index contributed by atoms with van der Waals surface area (Å²) in [5.74, 6) is -1.07. The van der Waals surface area contributed by atoms with Crippen LogP contribution in [0.15, 0.2) is 12.4 Å². The number of halogens is 2. The van der Waals surface area contributed by atoms with Gasteiger partial charge in [-0.05, 0) is 0 Å². The number of rotatable bonds is 3. The molecule has 70 valence electrons. The summed E-state index contributed by atoms with van der Waals surface area (Å²) in [5.41, 5.74) is -0.286. The van der Waals surface area contributed by atoms with Crippen molar-refractivity contribution in [3.8, 4) is 0 Å². The highest BCUT2D eigenvalue weighted by Crippen LogP contribution is 2.14. The Bertz CT molecular complexity index is 300. The quantitative estimate of drug-likeness (QED) is 0.769. The Hall–Kier alpha value is -1.59. The Kier molecular flexibility index (Phi) is 2.84. The Morgan fingerprint density at radius 1 is 1.46 bits per heavy atom. The number of aromatic nitrogens is 2. The molecule has 0 aliphatic rings. The third kappa shape index (κ3) is 2.73. The van der Waals surface area contributed by atoms with Crippen molar-refractivity contribution < 1.29 is 18.7 Å². The molecule has 0 aliphatic carbocycles. The van der Waals surface area contributed by atoms with Crippen LogP contribution in [0.1, 0.15) is 17.8 Å². The van der Waals surface area contributed by atoms with E-state index < -0.39 is 18.1 Å². The Labute approximate surface area is 72.3 Å². The molecule has 0 fully saturated rings. The maximum atomic E-state index is 11.9. The van der Waals surface area contributed by atoms with E-state index in [9.17, 15) is 13.6 Å². The van der Waals surface area contributed by atoms with Crippen LogP contribution in [-0.2, 0) is 11.2 Å². The van der Waals surface area contributed by atoms with Gasteiger partial charge in [0.25, 0.3) is 6.43 Å². The Morgan fingerprint density at radius 3 is 2.54 bits per heavy atom. The zero-order valence-corrected chi connectivity index (χ0v) is 6.44. The van der Waals surface area contributed by atoms with E-state index in [0.29, 0.717) is 0 Å². The van der Waals surface area contributed by atoms with Gasteiger partial charge in [-0.25, -0.2) is 8.78 Å². The predicted octanol–water partition coefficient (Wildman–Crippen LogP) is 1.04. The first-order valence-electron chi connectivity index (χ1n) is 3.40. The molecular weight excluding hydrogens is 182 g/mol. The van der Waals surface area contributed by atoms with Crippen molar-refractivity contribution in [2.45, 2.75) is 12.8 Å². The number of alkyl halides is 2. The van der Waals surface area contributed by atoms with Gasteiger partial charge >= 0.3 is 5.97 Å². The fraction of sp³-hybridized carbons (Fsp3) is 0.286. The second-order valence-electron chi connectivity index (χ2n) is 2.30. The molecule has 0 saturated heterocycles. The van der Waals surface area contributed by atoms with E-state index in [1.54, 1.807) is 0 Å². The lowest BCUT2D eigenvalue weighted by Crippen LogP contribution is -2.03. The smallest absolute Gasteiger partial charge is 0.309 e. The van der Waals surface area contributed by atoms with Crippen molar-refractivity contribution in [3.63, 3.8) is 0 Å². The summed E-state index contributed by atoms with van der Waals surface area (Å²) >= 11 is 0. The number of carboxylic acids is 1. The van der Waals surface area contributed by atoms with Gasteiger partial charge in [-0.3, -0.25) is 14.8 Å². The lowest BCUT2D eigenvalue weighted by molar-refractivity contribution is -0.136. The van der Waals surface area contributed by atoms with E-state index in [-0.39, 0.29) is 12.1 Å². The first-order chi connectivity index (χ1) is 6.09. The lowest BCUT2D eigenvalue weighted by atomic mass is 10.3.